The first-order valence-corrected chi connectivity index (χ1v) is 10.4. The Bertz CT molecular complexity index is 1140. The molecule has 156 valence electrons. The first kappa shape index (κ1) is 22.4. The van der Waals surface area contributed by atoms with Crippen molar-refractivity contribution in [3.05, 3.63) is 87.4 Å². The molecule has 1 N–H and O–H groups in total. The van der Waals surface area contributed by atoms with E-state index >= 15 is 0 Å². The number of ether oxygens (including phenoxy) is 2. The Morgan fingerprint density at radius 2 is 1.81 bits per heavy atom. The Labute approximate surface area is 194 Å². The van der Waals surface area contributed by atoms with Crippen LogP contribution in [0.5, 0.6) is 11.5 Å². The largest absolute Gasteiger partial charge is 0.493 e. The van der Waals surface area contributed by atoms with Crippen molar-refractivity contribution in [2.24, 2.45) is 0 Å². The number of nitrogens with one attached hydrogen (secondary N) is 1. The summed E-state index contributed by atoms with van der Waals surface area (Å²) in [6, 6.07) is 21.8. The standard InChI is InChI=1S/C24H18BrClN2O3/c1-30-23-13-16(12-18(14-27)17-3-5-19(25)6-4-17)2-11-22(23)31-15-24(29)28-21-9-7-20(26)8-10-21/h2-13H,15H2,1H3,(H,28,29)/b18-12+. The van der Waals surface area contributed by atoms with Gasteiger partial charge in [0.2, 0.25) is 0 Å². The lowest BCUT2D eigenvalue weighted by atomic mass is 10.0. The summed E-state index contributed by atoms with van der Waals surface area (Å²) in [7, 11) is 1.52. The summed E-state index contributed by atoms with van der Waals surface area (Å²) in [5.41, 5.74) is 2.73. The molecule has 0 heterocycles. The van der Waals surface area contributed by atoms with E-state index in [0.29, 0.717) is 27.8 Å². The average Bonchev–Trinajstić information content (AvgIpc) is 2.78. The number of rotatable bonds is 7. The summed E-state index contributed by atoms with van der Waals surface area (Å²) in [4.78, 5) is 12.1. The van der Waals surface area contributed by atoms with Gasteiger partial charge >= 0.3 is 0 Å². The van der Waals surface area contributed by atoms with Gasteiger partial charge < -0.3 is 14.8 Å². The van der Waals surface area contributed by atoms with Crippen LogP contribution in [0.2, 0.25) is 5.02 Å². The fourth-order valence-corrected chi connectivity index (χ4v) is 3.13. The molecule has 3 rings (SSSR count). The van der Waals surface area contributed by atoms with Gasteiger partial charge in [0.1, 0.15) is 0 Å². The average molecular weight is 498 g/mol. The Morgan fingerprint density at radius 1 is 1.10 bits per heavy atom. The normalized spacial score (nSPS) is 10.8. The first-order chi connectivity index (χ1) is 15.0. The molecule has 0 spiro atoms. The molecule has 0 aliphatic heterocycles. The van der Waals surface area contributed by atoms with Crippen molar-refractivity contribution in [1.82, 2.24) is 0 Å². The molecule has 0 bridgehead atoms. The summed E-state index contributed by atoms with van der Waals surface area (Å²) in [5, 5.41) is 12.9. The van der Waals surface area contributed by atoms with Gasteiger partial charge in [-0.25, -0.2) is 0 Å². The third-order valence-electron chi connectivity index (χ3n) is 4.26. The van der Waals surface area contributed by atoms with Gasteiger partial charge in [0.05, 0.1) is 18.8 Å². The SMILES string of the molecule is COc1cc(/C=C(\C#N)c2ccc(Br)cc2)ccc1OCC(=O)Nc1ccc(Cl)cc1. The summed E-state index contributed by atoms with van der Waals surface area (Å²) >= 11 is 9.23. The van der Waals surface area contributed by atoms with Gasteiger partial charge in [-0.2, -0.15) is 5.26 Å². The Hall–Kier alpha value is -3.27. The Balaban J connectivity index is 1.70. The molecule has 0 atom stereocenters. The van der Waals surface area contributed by atoms with E-state index in [1.54, 1.807) is 48.5 Å². The number of carbonyl (C=O) groups is 1. The predicted octanol–water partition coefficient (Wildman–Crippen LogP) is 6.19. The van der Waals surface area contributed by atoms with Gasteiger partial charge in [0.25, 0.3) is 5.91 Å². The number of allylic oxidation sites excluding steroid dienone is 1. The number of benzene rings is 3. The van der Waals surface area contributed by atoms with Gasteiger partial charge in [-0.1, -0.05) is 45.7 Å². The summed E-state index contributed by atoms with van der Waals surface area (Å²) in [6.45, 7) is -0.184. The highest BCUT2D eigenvalue weighted by Crippen LogP contribution is 2.30. The Kier molecular flexibility index (Phi) is 7.71. The lowest BCUT2D eigenvalue weighted by Crippen LogP contribution is -2.20. The van der Waals surface area contributed by atoms with Gasteiger partial charge in [-0.15, -0.1) is 0 Å². The van der Waals surface area contributed by atoms with Crippen LogP contribution < -0.4 is 14.8 Å². The smallest absolute Gasteiger partial charge is 0.262 e. The molecule has 0 aliphatic rings. The molecule has 3 aromatic rings. The molecule has 0 saturated carbocycles. The second-order valence-corrected chi connectivity index (χ2v) is 7.78. The van der Waals surface area contributed by atoms with E-state index in [-0.39, 0.29) is 12.5 Å². The highest BCUT2D eigenvalue weighted by atomic mass is 79.9. The van der Waals surface area contributed by atoms with E-state index < -0.39 is 0 Å². The number of nitriles is 1. The van der Waals surface area contributed by atoms with E-state index in [4.69, 9.17) is 21.1 Å². The maximum atomic E-state index is 12.1. The van der Waals surface area contributed by atoms with Crippen LogP contribution in [-0.4, -0.2) is 19.6 Å². The molecule has 1 amide bonds. The van der Waals surface area contributed by atoms with Crippen molar-refractivity contribution >= 4 is 50.8 Å². The minimum absolute atomic E-state index is 0.184. The fraction of sp³-hybridized carbons (Fsp3) is 0.0833. The third-order valence-corrected chi connectivity index (χ3v) is 5.04. The quantitative estimate of drug-likeness (QED) is 0.312. The van der Waals surface area contributed by atoms with Crippen molar-refractivity contribution < 1.29 is 14.3 Å². The fourth-order valence-electron chi connectivity index (χ4n) is 2.74. The second kappa shape index (κ2) is 10.7. The first-order valence-electron chi connectivity index (χ1n) is 9.22. The number of halogens is 2. The van der Waals surface area contributed by atoms with Crippen molar-refractivity contribution in [3.63, 3.8) is 0 Å². The van der Waals surface area contributed by atoms with Crippen LogP contribution in [0.4, 0.5) is 5.69 Å². The number of carbonyl (C=O) groups excluding carboxylic acids is 1. The highest BCUT2D eigenvalue weighted by molar-refractivity contribution is 9.10. The van der Waals surface area contributed by atoms with E-state index in [0.717, 1.165) is 15.6 Å². The molecule has 31 heavy (non-hydrogen) atoms. The van der Waals surface area contributed by atoms with Crippen molar-refractivity contribution in [1.29, 1.82) is 5.26 Å². The highest BCUT2D eigenvalue weighted by Gasteiger charge is 2.10. The van der Waals surface area contributed by atoms with Crippen molar-refractivity contribution in [2.75, 3.05) is 19.0 Å². The van der Waals surface area contributed by atoms with Crippen LogP contribution >= 0.6 is 27.5 Å². The van der Waals surface area contributed by atoms with E-state index in [1.807, 2.05) is 24.3 Å². The van der Waals surface area contributed by atoms with E-state index in [9.17, 15) is 10.1 Å². The second-order valence-electron chi connectivity index (χ2n) is 6.43. The number of hydrogen-bond acceptors (Lipinski definition) is 4. The molecule has 0 aromatic heterocycles. The monoisotopic (exact) mass is 496 g/mol. The van der Waals surface area contributed by atoms with Crippen LogP contribution in [0, 0.1) is 11.3 Å². The molecule has 7 heteroatoms. The van der Waals surface area contributed by atoms with Crippen LogP contribution in [0.1, 0.15) is 11.1 Å². The number of methoxy groups -OCH3 is 1. The Morgan fingerprint density at radius 3 is 2.45 bits per heavy atom. The van der Waals surface area contributed by atoms with Crippen LogP contribution in [-0.2, 0) is 4.79 Å². The third kappa shape index (κ3) is 6.35. The van der Waals surface area contributed by atoms with Crippen LogP contribution in [0.15, 0.2) is 71.2 Å². The van der Waals surface area contributed by atoms with Crippen LogP contribution in [0.3, 0.4) is 0 Å². The lowest BCUT2D eigenvalue weighted by Gasteiger charge is -2.12. The molecular formula is C24H18BrClN2O3. The zero-order valence-electron chi connectivity index (χ0n) is 16.6. The molecule has 0 saturated heterocycles. The number of nitrogens with zero attached hydrogens (tertiary/aromatic N) is 1. The minimum Gasteiger partial charge on any atom is -0.493 e. The molecular weight excluding hydrogens is 480 g/mol. The molecule has 5 nitrogen and oxygen atoms in total. The van der Waals surface area contributed by atoms with E-state index in [2.05, 4.69) is 27.3 Å². The maximum absolute atomic E-state index is 12.1. The summed E-state index contributed by atoms with van der Waals surface area (Å²) in [6.07, 6.45) is 1.77. The topological polar surface area (TPSA) is 71.3 Å². The van der Waals surface area contributed by atoms with Gasteiger partial charge in [-0.05, 0) is 65.7 Å². The zero-order valence-corrected chi connectivity index (χ0v) is 18.9. The van der Waals surface area contributed by atoms with Crippen molar-refractivity contribution in [2.45, 2.75) is 0 Å². The zero-order chi connectivity index (χ0) is 22.2. The lowest BCUT2D eigenvalue weighted by molar-refractivity contribution is -0.118. The molecule has 0 fully saturated rings. The molecule has 0 aliphatic carbocycles. The number of anilines is 1. The number of hydrogen-bond donors (Lipinski definition) is 1. The van der Waals surface area contributed by atoms with E-state index in [1.165, 1.54) is 7.11 Å². The summed E-state index contributed by atoms with van der Waals surface area (Å²) < 4.78 is 12.0. The summed E-state index contributed by atoms with van der Waals surface area (Å²) in [5.74, 6) is 0.574. The maximum Gasteiger partial charge on any atom is 0.262 e. The van der Waals surface area contributed by atoms with Gasteiger partial charge in [0.15, 0.2) is 18.1 Å². The molecule has 3 aromatic carbocycles. The van der Waals surface area contributed by atoms with Gasteiger partial charge in [-0.3, -0.25) is 4.79 Å². The van der Waals surface area contributed by atoms with Crippen molar-refractivity contribution in [3.8, 4) is 17.6 Å². The molecule has 0 radical (unpaired) electrons. The number of amides is 1. The predicted molar refractivity (Wildman–Crippen MR) is 126 cm³/mol. The van der Waals surface area contributed by atoms with Crippen LogP contribution in [0.25, 0.3) is 11.6 Å². The minimum atomic E-state index is -0.310. The molecule has 0 unspecified atom stereocenters. The van der Waals surface area contributed by atoms with Gasteiger partial charge in [0, 0.05) is 15.2 Å².